The van der Waals surface area contributed by atoms with Crippen LogP contribution in [0.1, 0.15) is 70.3 Å². The number of aryl methyl sites for hydroxylation is 1. The standard InChI is InChI=1S/C24H30N6O2/c1-2-30-22-18(15-27-30)21(28-16-6-4-3-5-7-16)17(14-26-22)19-12-23(32-29-19)8-10-24(11-9-23)20(13-25)31-24/h12,14-16,20,29H,2-11H2,1H3,(H,26,28). The van der Waals surface area contributed by atoms with Crippen LogP contribution in [0.25, 0.3) is 16.7 Å². The Morgan fingerprint density at radius 1 is 1.22 bits per heavy atom. The number of nitrogens with zero attached hydrogens (tertiary/aromatic N) is 4. The van der Waals surface area contributed by atoms with Gasteiger partial charge >= 0.3 is 0 Å². The van der Waals surface area contributed by atoms with E-state index in [2.05, 4.69) is 35.0 Å². The number of rotatable bonds is 4. The molecule has 2 saturated carbocycles. The summed E-state index contributed by atoms with van der Waals surface area (Å²) in [5, 5.41) is 18.7. The Hall–Kier alpha value is -2.63. The van der Waals surface area contributed by atoms with E-state index in [1.54, 1.807) is 0 Å². The van der Waals surface area contributed by atoms with Gasteiger partial charge in [-0.1, -0.05) is 19.3 Å². The van der Waals surface area contributed by atoms with Crippen LogP contribution in [0.2, 0.25) is 0 Å². The average molecular weight is 435 g/mol. The van der Waals surface area contributed by atoms with Gasteiger partial charge in [0.15, 0.2) is 11.8 Å². The van der Waals surface area contributed by atoms with Gasteiger partial charge in [0.1, 0.15) is 11.2 Å². The van der Waals surface area contributed by atoms with E-state index in [1.807, 2.05) is 17.1 Å². The Morgan fingerprint density at radius 2 is 2.03 bits per heavy atom. The molecule has 1 saturated heterocycles. The lowest BCUT2D eigenvalue weighted by molar-refractivity contribution is -0.0665. The summed E-state index contributed by atoms with van der Waals surface area (Å²) in [5.74, 6) is 0. The van der Waals surface area contributed by atoms with Gasteiger partial charge in [-0.05, 0) is 51.5 Å². The van der Waals surface area contributed by atoms with E-state index in [1.165, 1.54) is 32.1 Å². The highest BCUT2D eigenvalue weighted by molar-refractivity contribution is 5.95. The molecule has 2 spiro atoms. The van der Waals surface area contributed by atoms with E-state index >= 15 is 0 Å². The molecular weight excluding hydrogens is 404 g/mol. The number of pyridine rings is 1. The lowest BCUT2D eigenvalue weighted by atomic mass is 9.77. The third kappa shape index (κ3) is 3.18. The first-order valence-electron chi connectivity index (χ1n) is 12.0. The normalized spacial score (nSPS) is 32.1. The van der Waals surface area contributed by atoms with Crippen molar-refractivity contribution in [3.63, 3.8) is 0 Å². The minimum Gasteiger partial charge on any atom is -0.381 e. The molecule has 32 heavy (non-hydrogen) atoms. The van der Waals surface area contributed by atoms with Crippen LogP contribution in [0.4, 0.5) is 5.69 Å². The van der Waals surface area contributed by atoms with Crippen LogP contribution in [0.3, 0.4) is 0 Å². The van der Waals surface area contributed by atoms with Crippen LogP contribution < -0.4 is 10.8 Å². The third-order valence-corrected chi connectivity index (χ3v) is 7.81. The van der Waals surface area contributed by atoms with E-state index in [-0.39, 0.29) is 17.3 Å². The maximum absolute atomic E-state index is 9.19. The Balaban J connectivity index is 1.33. The quantitative estimate of drug-likeness (QED) is 0.700. The molecule has 168 valence electrons. The molecule has 2 aliphatic carbocycles. The molecule has 4 heterocycles. The zero-order chi connectivity index (χ0) is 21.8. The second-order valence-corrected chi connectivity index (χ2v) is 9.74. The lowest BCUT2D eigenvalue weighted by Gasteiger charge is -2.32. The summed E-state index contributed by atoms with van der Waals surface area (Å²) >= 11 is 0. The van der Waals surface area contributed by atoms with E-state index in [4.69, 9.17) is 14.6 Å². The lowest BCUT2D eigenvalue weighted by Crippen LogP contribution is -2.38. The van der Waals surface area contributed by atoms with Gasteiger partial charge < -0.3 is 10.1 Å². The predicted octanol–water partition coefficient (Wildman–Crippen LogP) is 4.05. The van der Waals surface area contributed by atoms with E-state index < -0.39 is 0 Å². The maximum atomic E-state index is 9.19. The molecule has 8 heteroatoms. The summed E-state index contributed by atoms with van der Waals surface area (Å²) in [4.78, 5) is 10.9. The molecule has 4 aliphatic rings. The van der Waals surface area contributed by atoms with Gasteiger partial charge in [-0.15, -0.1) is 0 Å². The van der Waals surface area contributed by atoms with Crippen molar-refractivity contribution >= 4 is 22.4 Å². The SMILES string of the molecule is CCn1ncc2c(NC3CCCCC3)c(C3=CC4(CCC5(CC4)OC5C#N)ON3)cnc21. The summed E-state index contributed by atoms with van der Waals surface area (Å²) < 4.78 is 7.63. The van der Waals surface area contributed by atoms with Crippen LogP contribution in [0.15, 0.2) is 18.5 Å². The fourth-order valence-electron chi connectivity index (χ4n) is 5.75. The van der Waals surface area contributed by atoms with Crippen LogP contribution in [0.5, 0.6) is 0 Å². The largest absolute Gasteiger partial charge is 0.381 e. The summed E-state index contributed by atoms with van der Waals surface area (Å²) in [5.41, 5.74) is 6.65. The molecule has 0 amide bonds. The molecule has 1 unspecified atom stereocenters. The van der Waals surface area contributed by atoms with Gasteiger partial charge in [0, 0.05) is 24.3 Å². The highest BCUT2D eigenvalue weighted by Crippen LogP contribution is 2.52. The Kier molecular flexibility index (Phi) is 4.67. The molecule has 2 aromatic heterocycles. The van der Waals surface area contributed by atoms with Crippen molar-refractivity contribution in [2.75, 3.05) is 5.32 Å². The van der Waals surface area contributed by atoms with Crippen LogP contribution >= 0.6 is 0 Å². The number of nitriles is 1. The van der Waals surface area contributed by atoms with Gasteiger partial charge in [0.05, 0.1) is 29.0 Å². The molecule has 2 aliphatic heterocycles. The van der Waals surface area contributed by atoms with E-state index in [9.17, 15) is 5.26 Å². The molecule has 1 atom stereocenters. The first-order valence-corrected chi connectivity index (χ1v) is 12.0. The van der Waals surface area contributed by atoms with Crippen molar-refractivity contribution in [1.82, 2.24) is 20.2 Å². The number of hydroxylamine groups is 1. The molecular formula is C24H30N6O2. The molecule has 2 aromatic rings. The van der Waals surface area contributed by atoms with Crippen LogP contribution in [-0.2, 0) is 16.1 Å². The first-order chi connectivity index (χ1) is 15.7. The number of anilines is 1. The van der Waals surface area contributed by atoms with Crippen LogP contribution in [-0.4, -0.2) is 38.1 Å². The molecule has 2 N–H and O–H groups in total. The summed E-state index contributed by atoms with van der Waals surface area (Å²) in [7, 11) is 0. The second kappa shape index (κ2) is 7.46. The number of hydrogen-bond acceptors (Lipinski definition) is 7. The Bertz CT molecular complexity index is 1100. The molecule has 0 radical (unpaired) electrons. The van der Waals surface area contributed by atoms with Gasteiger partial charge in [-0.2, -0.15) is 10.4 Å². The summed E-state index contributed by atoms with van der Waals surface area (Å²) in [6.45, 7) is 2.88. The molecule has 0 aromatic carbocycles. The maximum Gasteiger partial charge on any atom is 0.173 e. The zero-order valence-electron chi connectivity index (χ0n) is 18.6. The number of hydrogen-bond donors (Lipinski definition) is 2. The zero-order valence-corrected chi connectivity index (χ0v) is 18.6. The van der Waals surface area contributed by atoms with Gasteiger partial charge in [0.25, 0.3) is 0 Å². The van der Waals surface area contributed by atoms with Crippen molar-refractivity contribution < 1.29 is 9.57 Å². The second-order valence-electron chi connectivity index (χ2n) is 9.74. The minimum atomic E-state index is -0.350. The van der Waals surface area contributed by atoms with Crippen molar-refractivity contribution in [3.05, 3.63) is 24.0 Å². The van der Waals surface area contributed by atoms with Crippen LogP contribution in [0, 0.1) is 11.3 Å². The van der Waals surface area contributed by atoms with Gasteiger partial charge in [0.2, 0.25) is 0 Å². The number of epoxide rings is 1. The number of ether oxygens (including phenoxy) is 1. The Morgan fingerprint density at radius 3 is 2.75 bits per heavy atom. The van der Waals surface area contributed by atoms with E-state index in [0.717, 1.165) is 60.2 Å². The topological polar surface area (TPSA) is 100 Å². The van der Waals surface area contributed by atoms with Crippen molar-refractivity contribution in [1.29, 1.82) is 5.26 Å². The van der Waals surface area contributed by atoms with Crippen molar-refractivity contribution in [2.24, 2.45) is 0 Å². The highest BCUT2D eigenvalue weighted by Gasteiger charge is 2.60. The first kappa shape index (κ1) is 20.0. The summed E-state index contributed by atoms with van der Waals surface area (Å²) in [6, 6.07) is 2.74. The van der Waals surface area contributed by atoms with Gasteiger partial charge in [-0.3, -0.25) is 10.3 Å². The fraction of sp³-hybridized carbons (Fsp3) is 0.625. The summed E-state index contributed by atoms with van der Waals surface area (Å²) in [6.07, 6.45) is 15.5. The number of fused-ring (bicyclic) bond motifs is 1. The van der Waals surface area contributed by atoms with Crippen molar-refractivity contribution in [3.8, 4) is 6.07 Å². The molecule has 0 bridgehead atoms. The molecule has 8 nitrogen and oxygen atoms in total. The smallest absolute Gasteiger partial charge is 0.173 e. The predicted molar refractivity (Wildman–Crippen MR) is 120 cm³/mol. The van der Waals surface area contributed by atoms with E-state index in [0.29, 0.717) is 6.04 Å². The Labute approximate surface area is 187 Å². The fourth-order valence-corrected chi connectivity index (χ4v) is 5.75. The third-order valence-electron chi connectivity index (χ3n) is 7.81. The average Bonchev–Trinajstić information content (AvgIpc) is 3.15. The monoisotopic (exact) mass is 434 g/mol. The van der Waals surface area contributed by atoms with Gasteiger partial charge in [-0.25, -0.2) is 9.67 Å². The highest BCUT2D eigenvalue weighted by atomic mass is 16.7. The molecule has 6 rings (SSSR count). The number of nitrogens with one attached hydrogen (secondary N) is 2. The minimum absolute atomic E-state index is 0.233. The number of aromatic nitrogens is 3. The van der Waals surface area contributed by atoms with Crippen molar-refractivity contribution in [2.45, 2.75) is 94.6 Å². The molecule has 3 fully saturated rings.